The second-order valence-corrected chi connectivity index (χ2v) is 8.45. The van der Waals surface area contributed by atoms with Crippen LogP contribution in [0.3, 0.4) is 0 Å². The summed E-state index contributed by atoms with van der Waals surface area (Å²) in [4.78, 5) is 27.2. The van der Waals surface area contributed by atoms with Gasteiger partial charge in [0.05, 0.1) is 17.5 Å². The fourth-order valence-corrected chi connectivity index (χ4v) is 6.10. The summed E-state index contributed by atoms with van der Waals surface area (Å²) in [5.74, 6) is -2.51. The summed E-state index contributed by atoms with van der Waals surface area (Å²) >= 11 is 7.34. The monoisotopic (exact) mass is 403 g/mol. The molecule has 3 aromatic rings. The minimum Gasteiger partial charge on any atom is -0.274 e. The summed E-state index contributed by atoms with van der Waals surface area (Å²) in [5, 5.41) is 0. The van der Waals surface area contributed by atoms with Crippen molar-refractivity contribution in [3.05, 3.63) is 101 Å². The van der Waals surface area contributed by atoms with Crippen LogP contribution in [0.2, 0.25) is 0 Å². The highest BCUT2D eigenvalue weighted by atomic mass is 35.5. The van der Waals surface area contributed by atoms with Crippen molar-refractivity contribution >= 4 is 29.1 Å². The van der Waals surface area contributed by atoms with Crippen LogP contribution in [0.4, 0.5) is 10.1 Å². The normalized spacial score (nSPS) is 28.9. The van der Waals surface area contributed by atoms with E-state index in [1.807, 2.05) is 48.5 Å². The molecule has 0 unspecified atom stereocenters. The quantitative estimate of drug-likeness (QED) is 0.441. The molecule has 7 rings (SSSR count). The third-order valence-corrected chi connectivity index (χ3v) is 7.24. The summed E-state index contributed by atoms with van der Waals surface area (Å²) in [7, 11) is 0. The third-order valence-electron chi connectivity index (χ3n) is 6.60. The second-order valence-electron chi connectivity index (χ2n) is 7.86. The van der Waals surface area contributed by atoms with E-state index in [2.05, 4.69) is 0 Å². The molecule has 1 fully saturated rings. The maximum Gasteiger partial charge on any atom is 0.240 e. The van der Waals surface area contributed by atoms with Crippen LogP contribution in [-0.4, -0.2) is 11.8 Å². The fraction of sp³-hybridized carbons (Fsp3) is 0.167. The van der Waals surface area contributed by atoms with Gasteiger partial charge in [-0.1, -0.05) is 48.5 Å². The lowest BCUT2D eigenvalue weighted by Crippen LogP contribution is -2.50. The number of carbonyl (C=O) groups excluding carboxylic acids is 2. The molecule has 2 amide bonds. The average Bonchev–Trinajstić information content (AvgIpc) is 3.01. The molecule has 3 nitrogen and oxygen atoms in total. The molecule has 0 saturated carbocycles. The first-order chi connectivity index (χ1) is 14.0. The molecule has 3 aromatic carbocycles. The van der Waals surface area contributed by atoms with Gasteiger partial charge in [0.15, 0.2) is 0 Å². The van der Waals surface area contributed by atoms with Crippen molar-refractivity contribution in [3.8, 4) is 0 Å². The Balaban J connectivity index is 1.61. The fourth-order valence-electron chi connectivity index (χ4n) is 5.52. The van der Waals surface area contributed by atoms with Gasteiger partial charge in [-0.2, -0.15) is 0 Å². The molecule has 0 spiro atoms. The van der Waals surface area contributed by atoms with Crippen LogP contribution in [0, 0.1) is 17.7 Å². The summed E-state index contributed by atoms with van der Waals surface area (Å²) in [6, 6.07) is 21.1. The first-order valence-electron chi connectivity index (χ1n) is 9.54. The first-order valence-corrected chi connectivity index (χ1v) is 9.92. The number of halogens is 2. The highest BCUT2D eigenvalue weighted by molar-refractivity contribution is 6.33. The Morgan fingerprint density at radius 1 is 0.793 bits per heavy atom. The Labute approximate surface area is 171 Å². The third kappa shape index (κ3) is 1.92. The Morgan fingerprint density at radius 3 is 1.93 bits per heavy atom. The maximum absolute atomic E-state index is 13.6. The largest absolute Gasteiger partial charge is 0.274 e. The van der Waals surface area contributed by atoms with Gasteiger partial charge in [0.1, 0.15) is 10.7 Å². The van der Waals surface area contributed by atoms with E-state index in [9.17, 15) is 14.0 Å². The number of rotatable bonds is 1. The van der Waals surface area contributed by atoms with Crippen molar-refractivity contribution < 1.29 is 14.0 Å². The molecule has 0 aromatic heterocycles. The average molecular weight is 404 g/mol. The van der Waals surface area contributed by atoms with Crippen molar-refractivity contribution in [3.63, 3.8) is 0 Å². The molecule has 0 N–H and O–H groups in total. The predicted molar refractivity (Wildman–Crippen MR) is 107 cm³/mol. The maximum atomic E-state index is 13.6. The minimum absolute atomic E-state index is 0.227. The number of hydrogen-bond donors (Lipinski definition) is 0. The number of nitrogens with zero attached hydrogens (tertiary/aromatic N) is 1. The van der Waals surface area contributed by atoms with Gasteiger partial charge in [-0.3, -0.25) is 9.59 Å². The predicted octanol–water partition coefficient (Wildman–Crippen LogP) is 4.57. The summed E-state index contributed by atoms with van der Waals surface area (Å²) in [5.41, 5.74) is 4.18. The van der Waals surface area contributed by atoms with Crippen LogP contribution < -0.4 is 4.90 Å². The molecular weight excluding hydrogens is 389 g/mol. The van der Waals surface area contributed by atoms with E-state index in [4.69, 9.17) is 11.6 Å². The molecule has 1 heterocycles. The van der Waals surface area contributed by atoms with Crippen LogP contribution in [0.25, 0.3) is 0 Å². The van der Waals surface area contributed by atoms with E-state index >= 15 is 0 Å². The van der Waals surface area contributed by atoms with E-state index in [0.717, 1.165) is 22.3 Å². The Morgan fingerprint density at radius 2 is 1.34 bits per heavy atom. The van der Waals surface area contributed by atoms with E-state index in [-0.39, 0.29) is 17.7 Å². The molecule has 3 aliphatic carbocycles. The van der Waals surface area contributed by atoms with Crippen molar-refractivity contribution in [2.45, 2.75) is 10.8 Å². The van der Waals surface area contributed by atoms with Crippen LogP contribution in [0.1, 0.15) is 28.2 Å². The van der Waals surface area contributed by atoms with Crippen LogP contribution in [0.15, 0.2) is 72.8 Å². The Kier molecular flexibility index (Phi) is 3.24. The summed E-state index contributed by atoms with van der Waals surface area (Å²) in [6.07, 6.45) is 0. The van der Waals surface area contributed by atoms with Gasteiger partial charge >= 0.3 is 0 Å². The van der Waals surface area contributed by atoms with Crippen molar-refractivity contribution in [1.82, 2.24) is 0 Å². The molecule has 1 aliphatic heterocycles. The van der Waals surface area contributed by atoms with E-state index in [1.165, 1.54) is 29.2 Å². The zero-order valence-corrected chi connectivity index (χ0v) is 15.9. The van der Waals surface area contributed by atoms with Crippen molar-refractivity contribution in [1.29, 1.82) is 0 Å². The Hall–Kier alpha value is -2.98. The molecule has 4 aliphatic rings. The molecule has 0 radical (unpaired) electrons. The lowest BCUT2D eigenvalue weighted by molar-refractivity contribution is -0.122. The first kappa shape index (κ1) is 16.9. The number of benzene rings is 3. The molecule has 142 valence electrons. The summed E-state index contributed by atoms with van der Waals surface area (Å²) < 4.78 is 13.4. The van der Waals surface area contributed by atoms with Gasteiger partial charge in [0, 0.05) is 5.92 Å². The van der Waals surface area contributed by atoms with Crippen LogP contribution in [-0.2, 0) is 14.5 Å². The van der Waals surface area contributed by atoms with Crippen LogP contribution in [0.5, 0.6) is 0 Å². The molecular formula is C24H15ClFNO2. The highest BCUT2D eigenvalue weighted by Crippen LogP contribution is 2.65. The molecule has 29 heavy (non-hydrogen) atoms. The van der Waals surface area contributed by atoms with Crippen LogP contribution >= 0.6 is 11.6 Å². The van der Waals surface area contributed by atoms with E-state index in [1.54, 1.807) is 0 Å². The number of hydrogen-bond acceptors (Lipinski definition) is 2. The second kappa shape index (κ2) is 5.55. The zero-order valence-electron chi connectivity index (χ0n) is 15.2. The molecule has 2 atom stereocenters. The van der Waals surface area contributed by atoms with Gasteiger partial charge in [-0.25, -0.2) is 9.29 Å². The van der Waals surface area contributed by atoms with Gasteiger partial charge in [-0.15, -0.1) is 11.6 Å². The zero-order chi connectivity index (χ0) is 19.9. The minimum atomic E-state index is -1.10. The van der Waals surface area contributed by atoms with E-state index in [0.29, 0.717) is 5.69 Å². The van der Waals surface area contributed by atoms with Gasteiger partial charge in [-0.05, 0) is 46.5 Å². The van der Waals surface area contributed by atoms with Crippen molar-refractivity contribution in [2.24, 2.45) is 11.8 Å². The number of alkyl halides is 1. The number of imide groups is 1. The SMILES string of the molecule is O=C1[C@@H]2[C@@H](C(=O)N1c1ccc(F)cc1)C1c3ccccc3C2(Cl)c2ccccc21. The lowest BCUT2D eigenvalue weighted by Gasteiger charge is -2.50. The molecule has 2 bridgehead atoms. The highest BCUT2D eigenvalue weighted by Gasteiger charge is 2.67. The topological polar surface area (TPSA) is 37.4 Å². The van der Waals surface area contributed by atoms with Gasteiger partial charge < -0.3 is 0 Å². The number of anilines is 1. The smallest absolute Gasteiger partial charge is 0.240 e. The molecule has 1 saturated heterocycles. The van der Waals surface area contributed by atoms with Crippen molar-refractivity contribution in [2.75, 3.05) is 4.90 Å². The number of amides is 2. The number of carbonyl (C=O) groups is 2. The summed E-state index contributed by atoms with van der Waals surface area (Å²) in [6.45, 7) is 0. The lowest BCUT2D eigenvalue weighted by atomic mass is 9.54. The standard InChI is InChI=1S/C24H15ClFNO2/c25-24-17-7-3-1-5-15(17)19(16-6-2-4-8-18(16)24)20-21(24)23(29)27(22(20)28)14-11-9-13(26)10-12-14/h1-12,19-21H/t19?,20-,21-,24?/m0/s1. The Bertz CT molecular complexity index is 1160. The van der Waals surface area contributed by atoms with E-state index < -0.39 is 22.5 Å². The van der Waals surface area contributed by atoms with Gasteiger partial charge in [0.2, 0.25) is 11.8 Å². The van der Waals surface area contributed by atoms with Gasteiger partial charge in [0.25, 0.3) is 0 Å². The molecule has 5 heteroatoms.